The quantitative estimate of drug-likeness (QED) is 0.595. The van der Waals surface area contributed by atoms with Crippen LogP contribution in [0.4, 0.5) is 17.3 Å². The predicted molar refractivity (Wildman–Crippen MR) is 102 cm³/mol. The van der Waals surface area contributed by atoms with Gasteiger partial charge in [-0.1, -0.05) is 17.7 Å². The maximum atomic E-state index is 12.2. The highest BCUT2D eigenvalue weighted by molar-refractivity contribution is 6.30. The lowest BCUT2D eigenvalue weighted by Crippen LogP contribution is -2.38. The van der Waals surface area contributed by atoms with E-state index >= 15 is 0 Å². The second-order valence-corrected chi connectivity index (χ2v) is 6.72. The molecule has 1 aromatic heterocycles. The standard InChI is InChI=1S/C17H19ClN6O3/c1-11-5-2-3-8-23(11)16-14(24(26)27)15(19-10-20-16)21-22-17(25)12-6-4-7-13(18)9-12/h4,6-7,9-11H,2-3,5,8H2,1H3,(H,22,25)(H,19,20,21). The Labute approximate surface area is 160 Å². The van der Waals surface area contributed by atoms with E-state index in [9.17, 15) is 14.9 Å². The second kappa shape index (κ2) is 8.17. The van der Waals surface area contributed by atoms with Crippen molar-refractivity contribution in [3.63, 3.8) is 0 Å². The molecule has 1 saturated heterocycles. The fraction of sp³-hybridized carbons (Fsp3) is 0.353. The van der Waals surface area contributed by atoms with E-state index in [4.69, 9.17) is 11.6 Å². The summed E-state index contributed by atoms with van der Waals surface area (Å²) >= 11 is 5.88. The summed E-state index contributed by atoms with van der Waals surface area (Å²) < 4.78 is 0. The van der Waals surface area contributed by atoms with Gasteiger partial charge in [0.15, 0.2) is 0 Å². The lowest BCUT2D eigenvalue weighted by molar-refractivity contribution is -0.383. The average molecular weight is 391 g/mol. The van der Waals surface area contributed by atoms with Crippen LogP contribution in [0.15, 0.2) is 30.6 Å². The van der Waals surface area contributed by atoms with Crippen LogP contribution < -0.4 is 15.8 Å². The van der Waals surface area contributed by atoms with E-state index in [-0.39, 0.29) is 23.4 Å². The molecule has 1 unspecified atom stereocenters. The summed E-state index contributed by atoms with van der Waals surface area (Å²) in [6, 6.07) is 6.50. The van der Waals surface area contributed by atoms with Gasteiger partial charge in [0.1, 0.15) is 6.33 Å². The number of nitrogens with zero attached hydrogens (tertiary/aromatic N) is 4. The number of piperidine rings is 1. The van der Waals surface area contributed by atoms with Crippen molar-refractivity contribution in [1.82, 2.24) is 15.4 Å². The Morgan fingerprint density at radius 3 is 2.89 bits per heavy atom. The van der Waals surface area contributed by atoms with Crippen LogP contribution in [0.1, 0.15) is 36.5 Å². The monoisotopic (exact) mass is 390 g/mol. The molecule has 142 valence electrons. The molecule has 1 amide bonds. The lowest BCUT2D eigenvalue weighted by Gasteiger charge is -2.33. The number of nitrogens with one attached hydrogen (secondary N) is 2. The van der Waals surface area contributed by atoms with Crippen LogP contribution in [-0.2, 0) is 0 Å². The third kappa shape index (κ3) is 4.25. The van der Waals surface area contributed by atoms with Crippen LogP contribution in [0.25, 0.3) is 0 Å². The zero-order valence-electron chi connectivity index (χ0n) is 14.7. The minimum absolute atomic E-state index is 0.0712. The number of rotatable bonds is 5. The Balaban J connectivity index is 1.84. The zero-order valence-corrected chi connectivity index (χ0v) is 15.4. The highest BCUT2D eigenvalue weighted by atomic mass is 35.5. The molecule has 2 N–H and O–H groups in total. The van der Waals surface area contributed by atoms with Crippen molar-refractivity contribution in [2.75, 3.05) is 16.9 Å². The van der Waals surface area contributed by atoms with Gasteiger partial charge in [-0.15, -0.1) is 0 Å². The van der Waals surface area contributed by atoms with Gasteiger partial charge in [-0.2, -0.15) is 0 Å². The number of hydrogen-bond donors (Lipinski definition) is 2. The summed E-state index contributed by atoms with van der Waals surface area (Å²) in [4.78, 5) is 33.4. The molecule has 0 aliphatic carbocycles. The van der Waals surface area contributed by atoms with E-state index in [0.717, 1.165) is 19.3 Å². The molecule has 2 heterocycles. The number of amides is 1. The number of nitro groups is 1. The van der Waals surface area contributed by atoms with Crippen molar-refractivity contribution < 1.29 is 9.72 Å². The molecule has 0 radical (unpaired) electrons. The normalized spacial score (nSPS) is 16.7. The Kier molecular flexibility index (Phi) is 5.70. The Bertz CT molecular complexity index is 862. The van der Waals surface area contributed by atoms with Crippen LogP contribution in [-0.4, -0.2) is 33.4 Å². The van der Waals surface area contributed by atoms with Crippen molar-refractivity contribution in [1.29, 1.82) is 0 Å². The molecule has 2 aromatic rings. The van der Waals surface area contributed by atoms with E-state index in [2.05, 4.69) is 20.8 Å². The average Bonchev–Trinajstić information content (AvgIpc) is 2.66. The third-order valence-electron chi connectivity index (χ3n) is 4.44. The molecule has 27 heavy (non-hydrogen) atoms. The minimum atomic E-state index is -0.537. The van der Waals surface area contributed by atoms with E-state index in [1.165, 1.54) is 12.4 Å². The molecule has 1 atom stereocenters. The molecule has 0 spiro atoms. The van der Waals surface area contributed by atoms with E-state index in [1.54, 1.807) is 18.2 Å². The number of benzene rings is 1. The number of aromatic nitrogens is 2. The van der Waals surface area contributed by atoms with Crippen LogP contribution in [0.3, 0.4) is 0 Å². The minimum Gasteiger partial charge on any atom is -0.348 e. The van der Waals surface area contributed by atoms with Crippen molar-refractivity contribution in [3.05, 3.63) is 51.3 Å². The van der Waals surface area contributed by atoms with Gasteiger partial charge in [0.05, 0.1) is 4.92 Å². The van der Waals surface area contributed by atoms with Crippen LogP contribution in [0.2, 0.25) is 5.02 Å². The number of halogens is 1. The number of hydrogen-bond acceptors (Lipinski definition) is 7. The number of carbonyl (C=O) groups excluding carboxylic acids is 1. The molecule has 3 rings (SSSR count). The molecule has 1 aliphatic rings. The summed E-state index contributed by atoms with van der Waals surface area (Å²) in [7, 11) is 0. The molecule has 1 fully saturated rings. The van der Waals surface area contributed by atoms with Crippen molar-refractivity contribution in [3.8, 4) is 0 Å². The second-order valence-electron chi connectivity index (χ2n) is 6.28. The molecule has 0 bridgehead atoms. The van der Waals surface area contributed by atoms with Crippen LogP contribution in [0, 0.1) is 10.1 Å². The van der Waals surface area contributed by atoms with Gasteiger partial charge in [0, 0.05) is 23.2 Å². The number of carbonyl (C=O) groups is 1. The summed E-state index contributed by atoms with van der Waals surface area (Å²) in [5, 5.41) is 12.1. The van der Waals surface area contributed by atoms with Gasteiger partial charge < -0.3 is 4.90 Å². The fourth-order valence-corrected chi connectivity index (χ4v) is 3.26. The van der Waals surface area contributed by atoms with Gasteiger partial charge in [-0.3, -0.25) is 25.8 Å². The highest BCUT2D eigenvalue weighted by Crippen LogP contribution is 2.34. The van der Waals surface area contributed by atoms with E-state index in [0.29, 0.717) is 17.1 Å². The molecule has 9 nitrogen and oxygen atoms in total. The number of anilines is 2. The fourth-order valence-electron chi connectivity index (χ4n) is 3.07. The van der Waals surface area contributed by atoms with Gasteiger partial charge >= 0.3 is 5.69 Å². The SMILES string of the molecule is CC1CCCCN1c1ncnc(NNC(=O)c2cccc(Cl)c2)c1[N+](=O)[O-]. The Morgan fingerprint density at radius 2 is 2.19 bits per heavy atom. The first kappa shape index (κ1) is 18.8. The van der Waals surface area contributed by atoms with Gasteiger partial charge in [-0.05, 0) is 44.4 Å². The zero-order chi connectivity index (χ0) is 19.4. The van der Waals surface area contributed by atoms with Gasteiger partial charge in [0.25, 0.3) is 5.91 Å². The maximum Gasteiger partial charge on any atom is 0.355 e. The summed E-state index contributed by atoms with van der Waals surface area (Å²) in [6.07, 6.45) is 4.21. The molecule has 0 saturated carbocycles. The van der Waals surface area contributed by atoms with E-state index in [1.807, 2.05) is 11.8 Å². The van der Waals surface area contributed by atoms with E-state index < -0.39 is 10.8 Å². The molecule has 1 aromatic carbocycles. The predicted octanol–water partition coefficient (Wildman–Crippen LogP) is 3.17. The molecule has 10 heteroatoms. The molecular weight excluding hydrogens is 372 g/mol. The van der Waals surface area contributed by atoms with Crippen LogP contribution in [0.5, 0.6) is 0 Å². The van der Waals surface area contributed by atoms with Crippen molar-refractivity contribution in [2.24, 2.45) is 0 Å². The first-order chi connectivity index (χ1) is 13.0. The Hall–Kier alpha value is -2.94. The number of hydrazine groups is 1. The molecular formula is C17H19ClN6O3. The first-order valence-corrected chi connectivity index (χ1v) is 8.93. The third-order valence-corrected chi connectivity index (χ3v) is 4.68. The summed E-state index contributed by atoms with van der Waals surface area (Å²) in [5.74, 6) is -0.307. The van der Waals surface area contributed by atoms with Gasteiger partial charge in [-0.25, -0.2) is 9.97 Å². The summed E-state index contributed by atoms with van der Waals surface area (Å²) in [6.45, 7) is 2.70. The smallest absolute Gasteiger partial charge is 0.348 e. The van der Waals surface area contributed by atoms with Gasteiger partial charge in [0.2, 0.25) is 11.6 Å². The highest BCUT2D eigenvalue weighted by Gasteiger charge is 2.31. The van der Waals surface area contributed by atoms with Crippen molar-refractivity contribution >= 4 is 34.8 Å². The van der Waals surface area contributed by atoms with Crippen molar-refractivity contribution in [2.45, 2.75) is 32.2 Å². The topological polar surface area (TPSA) is 113 Å². The largest absolute Gasteiger partial charge is 0.355 e. The lowest BCUT2D eigenvalue weighted by atomic mass is 10.0. The first-order valence-electron chi connectivity index (χ1n) is 8.55. The Morgan fingerprint density at radius 1 is 1.37 bits per heavy atom. The molecule has 1 aliphatic heterocycles. The maximum absolute atomic E-state index is 12.2. The summed E-state index contributed by atoms with van der Waals surface area (Å²) in [5.41, 5.74) is 5.01. The van der Waals surface area contributed by atoms with Crippen LogP contribution >= 0.6 is 11.6 Å².